The zero-order valence-electron chi connectivity index (χ0n) is 9.20. The van der Waals surface area contributed by atoms with Gasteiger partial charge in [-0.15, -0.1) is 0 Å². The van der Waals surface area contributed by atoms with Crippen LogP contribution in [0.3, 0.4) is 0 Å². The molecule has 1 saturated heterocycles. The van der Waals surface area contributed by atoms with Crippen molar-refractivity contribution in [3.8, 4) is 0 Å². The van der Waals surface area contributed by atoms with Crippen molar-refractivity contribution in [2.75, 3.05) is 40.0 Å². The van der Waals surface area contributed by atoms with Gasteiger partial charge in [-0.2, -0.15) is 0 Å². The third-order valence-corrected chi connectivity index (χ3v) is 2.92. The second-order valence-corrected chi connectivity index (χ2v) is 3.91. The van der Waals surface area contributed by atoms with Gasteiger partial charge in [0.2, 0.25) is 0 Å². The molecule has 1 rings (SSSR count). The SMILES string of the molecule is COCCN1C(C)CCNCC1CO. The van der Waals surface area contributed by atoms with Crippen molar-refractivity contribution in [1.82, 2.24) is 10.2 Å². The van der Waals surface area contributed by atoms with Crippen molar-refractivity contribution in [2.24, 2.45) is 0 Å². The monoisotopic (exact) mass is 202 g/mol. The highest BCUT2D eigenvalue weighted by atomic mass is 16.5. The molecule has 4 heteroatoms. The maximum atomic E-state index is 9.28. The molecule has 1 aliphatic rings. The van der Waals surface area contributed by atoms with Gasteiger partial charge in [-0.05, 0) is 19.9 Å². The van der Waals surface area contributed by atoms with Crippen LogP contribution in [0.15, 0.2) is 0 Å². The molecule has 1 heterocycles. The molecule has 84 valence electrons. The van der Waals surface area contributed by atoms with Crippen LogP contribution in [0.2, 0.25) is 0 Å². The van der Waals surface area contributed by atoms with Gasteiger partial charge in [0.1, 0.15) is 0 Å². The maximum Gasteiger partial charge on any atom is 0.0599 e. The number of rotatable bonds is 4. The van der Waals surface area contributed by atoms with Crippen molar-refractivity contribution in [1.29, 1.82) is 0 Å². The van der Waals surface area contributed by atoms with Crippen LogP contribution in [-0.2, 0) is 4.74 Å². The Morgan fingerprint density at radius 1 is 1.57 bits per heavy atom. The van der Waals surface area contributed by atoms with E-state index in [0.717, 1.165) is 32.7 Å². The topological polar surface area (TPSA) is 44.7 Å². The van der Waals surface area contributed by atoms with Gasteiger partial charge < -0.3 is 15.2 Å². The highest BCUT2D eigenvalue weighted by Gasteiger charge is 2.24. The zero-order chi connectivity index (χ0) is 10.4. The number of aliphatic hydroxyl groups excluding tert-OH is 1. The summed E-state index contributed by atoms with van der Waals surface area (Å²) in [6, 6.07) is 0.764. The highest BCUT2D eigenvalue weighted by Crippen LogP contribution is 2.11. The normalized spacial score (nSPS) is 30.2. The fourth-order valence-electron chi connectivity index (χ4n) is 1.99. The molecule has 2 N–H and O–H groups in total. The lowest BCUT2D eigenvalue weighted by Gasteiger charge is -2.32. The van der Waals surface area contributed by atoms with Gasteiger partial charge in [0.15, 0.2) is 0 Å². The number of ether oxygens (including phenoxy) is 1. The molecule has 0 aromatic carbocycles. The zero-order valence-corrected chi connectivity index (χ0v) is 9.20. The molecule has 4 nitrogen and oxygen atoms in total. The van der Waals surface area contributed by atoms with Crippen molar-refractivity contribution < 1.29 is 9.84 Å². The van der Waals surface area contributed by atoms with E-state index in [1.54, 1.807) is 7.11 Å². The third-order valence-electron chi connectivity index (χ3n) is 2.92. The predicted molar refractivity (Wildman–Crippen MR) is 56.4 cm³/mol. The summed E-state index contributed by atoms with van der Waals surface area (Å²) in [5.74, 6) is 0. The number of hydrogen-bond donors (Lipinski definition) is 2. The summed E-state index contributed by atoms with van der Waals surface area (Å²) in [6.45, 7) is 6.00. The van der Waals surface area contributed by atoms with Crippen LogP contribution in [0, 0.1) is 0 Å². The Kier molecular flexibility index (Phi) is 5.40. The van der Waals surface area contributed by atoms with Crippen LogP contribution < -0.4 is 5.32 Å². The van der Waals surface area contributed by atoms with Crippen LogP contribution in [0.5, 0.6) is 0 Å². The van der Waals surface area contributed by atoms with Crippen LogP contribution in [0.4, 0.5) is 0 Å². The minimum atomic E-state index is 0.223. The summed E-state index contributed by atoms with van der Waals surface area (Å²) in [5, 5.41) is 12.6. The first kappa shape index (κ1) is 11.9. The van der Waals surface area contributed by atoms with E-state index in [1.807, 2.05) is 0 Å². The molecule has 0 saturated carbocycles. The first-order valence-electron chi connectivity index (χ1n) is 5.35. The molecule has 0 spiro atoms. The van der Waals surface area contributed by atoms with Gasteiger partial charge in [0, 0.05) is 32.3 Å². The molecule has 0 amide bonds. The summed E-state index contributed by atoms with van der Waals surface area (Å²) in [6.07, 6.45) is 1.14. The molecule has 0 aliphatic carbocycles. The van der Waals surface area contributed by atoms with Crippen molar-refractivity contribution in [3.63, 3.8) is 0 Å². The second-order valence-electron chi connectivity index (χ2n) is 3.91. The molecular formula is C10H22N2O2. The van der Waals surface area contributed by atoms with E-state index in [9.17, 15) is 5.11 Å². The summed E-state index contributed by atoms with van der Waals surface area (Å²) < 4.78 is 5.08. The molecular weight excluding hydrogens is 180 g/mol. The Labute approximate surface area is 86.2 Å². The van der Waals surface area contributed by atoms with E-state index in [-0.39, 0.29) is 12.6 Å². The first-order chi connectivity index (χ1) is 6.79. The Balaban J connectivity index is 2.50. The van der Waals surface area contributed by atoms with E-state index >= 15 is 0 Å². The third kappa shape index (κ3) is 3.20. The summed E-state index contributed by atoms with van der Waals surface area (Å²) >= 11 is 0. The van der Waals surface area contributed by atoms with E-state index in [2.05, 4.69) is 17.1 Å². The molecule has 14 heavy (non-hydrogen) atoms. The van der Waals surface area contributed by atoms with Crippen molar-refractivity contribution in [3.05, 3.63) is 0 Å². The Morgan fingerprint density at radius 2 is 2.36 bits per heavy atom. The Hall–Kier alpha value is -0.160. The van der Waals surface area contributed by atoms with Crippen LogP contribution in [0.1, 0.15) is 13.3 Å². The van der Waals surface area contributed by atoms with Crippen LogP contribution in [-0.4, -0.2) is 62.0 Å². The lowest BCUT2D eigenvalue weighted by Crippen LogP contribution is -2.47. The molecule has 2 unspecified atom stereocenters. The van der Waals surface area contributed by atoms with E-state index in [0.29, 0.717) is 6.04 Å². The fourth-order valence-corrected chi connectivity index (χ4v) is 1.99. The van der Waals surface area contributed by atoms with E-state index in [1.165, 1.54) is 0 Å². The van der Waals surface area contributed by atoms with E-state index in [4.69, 9.17) is 4.74 Å². The standard InChI is InChI=1S/C10H22N2O2/c1-9-3-4-11-7-10(8-13)12(9)5-6-14-2/h9-11,13H,3-8H2,1-2H3. The molecule has 1 aliphatic heterocycles. The maximum absolute atomic E-state index is 9.28. The average molecular weight is 202 g/mol. The van der Waals surface area contributed by atoms with E-state index < -0.39 is 0 Å². The second kappa shape index (κ2) is 6.35. The Morgan fingerprint density at radius 3 is 3.00 bits per heavy atom. The fraction of sp³-hybridized carbons (Fsp3) is 1.00. The molecule has 0 aromatic heterocycles. The first-order valence-corrected chi connectivity index (χ1v) is 5.35. The molecule has 1 fully saturated rings. The summed E-state index contributed by atoms with van der Waals surface area (Å²) in [5.41, 5.74) is 0. The van der Waals surface area contributed by atoms with Crippen LogP contribution >= 0.6 is 0 Å². The number of nitrogens with one attached hydrogen (secondary N) is 1. The van der Waals surface area contributed by atoms with Crippen molar-refractivity contribution in [2.45, 2.75) is 25.4 Å². The minimum Gasteiger partial charge on any atom is -0.395 e. The van der Waals surface area contributed by atoms with Crippen LogP contribution in [0.25, 0.3) is 0 Å². The largest absolute Gasteiger partial charge is 0.395 e. The van der Waals surface area contributed by atoms with Gasteiger partial charge in [-0.3, -0.25) is 4.90 Å². The number of methoxy groups -OCH3 is 1. The molecule has 0 aromatic rings. The molecule has 0 radical (unpaired) electrons. The predicted octanol–water partition coefficient (Wildman–Crippen LogP) is -0.322. The quantitative estimate of drug-likeness (QED) is 0.656. The van der Waals surface area contributed by atoms with Crippen molar-refractivity contribution >= 4 is 0 Å². The van der Waals surface area contributed by atoms with Gasteiger partial charge in [-0.25, -0.2) is 0 Å². The Bertz CT molecular complexity index is 155. The average Bonchev–Trinajstić information content (AvgIpc) is 2.37. The summed E-state index contributed by atoms with van der Waals surface area (Å²) in [4.78, 5) is 2.34. The molecule has 0 bridgehead atoms. The lowest BCUT2D eigenvalue weighted by atomic mass is 10.1. The molecule has 2 atom stereocenters. The number of hydrogen-bond acceptors (Lipinski definition) is 4. The number of nitrogens with zero attached hydrogens (tertiary/aromatic N) is 1. The summed E-state index contributed by atoms with van der Waals surface area (Å²) in [7, 11) is 1.72. The van der Waals surface area contributed by atoms with Gasteiger partial charge in [0.05, 0.1) is 13.2 Å². The smallest absolute Gasteiger partial charge is 0.0599 e. The highest BCUT2D eigenvalue weighted by molar-refractivity contribution is 4.82. The van der Waals surface area contributed by atoms with Gasteiger partial charge in [0.25, 0.3) is 0 Å². The van der Waals surface area contributed by atoms with Gasteiger partial charge in [-0.1, -0.05) is 0 Å². The van der Waals surface area contributed by atoms with Gasteiger partial charge >= 0.3 is 0 Å². The lowest BCUT2D eigenvalue weighted by molar-refractivity contribution is 0.0669. The minimum absolute atomic E-state index is 0.223. The number of aliphatic hydroxyl groups is 1.